The molecule has 3 nitrogen and oxygen atoms in total. The molecule has 0 saturated heterocycles. The molecular weight excluding hydrogens is 148 g/mol. The Balaban J connectivity index is 4.07. The van der Waals surface area contributed by atoms with Crippen LogP contribution in [-0.4, -0.2) is 28.9 Å². The number of hydrogen-bond donors (Lipinski definition) is 1. The summed E-state index contributed by atoms with van der Waals surface area (Å²) < 4.78 is 0. The molecule has 0 radical (unpaired) electrons. The Morgan fingerprint density at radius 2 is 2.10 bits per heavy atom. The van der Waals surface area contributed by atoms with Crippen molar-refractivity contribution in [2.24, 2.45) is 5.73 Å². The smallest absolute Gasteiger partial charge is 0.219 e. The van der Waals surface area contributed by atoms with Crippen molar-refractivity contribution in [3.05, 3.63) is 0 Å². The number of thiocarbonyl (C=S) groups is 1. The zero-order valence-corrected chi connectivity index (χ0v) is 7.23. The number of nitrogens with zero attached hydrogens (tertiary/aromatic N) is 1. The lowest BCUT2D eigenvalue weighted by molar-refractivity contribution is -0.128. The highest BCUT2D eigenvalue weighted by Crippen LogP contribution is 1.94. The molecule has 4 heteroatoms. The first-order valence-electron chi connectivity index (χ1n) is 2.99. The molecule has 58 valence electrons. The van der Waals surface area contributed by atoms with Crippen molar-refractivity contribution >= 4 is 23.1 Å². The largest absolute Gasteiger partial charge is 0.392 e. The van der Waals surface area contributed by atoms with Crippen LogP contribution in [0.3, 0.4) is 0 Å². The monoisotopic (exact) mass is 160 g/mol. The third-order valence-electron chi connectivity index (χ3n) is 1.49. The lowest BCUT2D eigenvalue weighted by Crippen LogP contribution is -2.41. The van der Waals surface area contributed by atoms with Gasteiger partial charge in [-0.05, 0) is 6.92 Å². The maximum Gasteiger partial charge on any atom is 0.219 e. The number of carbonyl (C=O) groups is 1. The predicted molar refractivity (Wildman–Crippen MR) is 44.7 cm³/mol. The van der Waals surface area contributed by atoms with E-state index in [-0.39, 0.29) is 11.9 Å². The van der Waals surface area contributed by atoms with Crippen molar-refractivity contribution in [3.8, 4) is 0 Å². The van der Waals surface area contributed by atoms with E-state index in [4.69, 9.17) is 18.0 Å². The highest BCUT2D eigenvalue weighted by molar-refractivity contribution is 7.80. The predicted octanol–water partition coefficient (Wildman–Crippen LogP) is 0.139. The van der Waals surface area contributed by atoms with E-state index in [1.54, 1.807) is 14.0 Å². The van der Waals surface area contributed by atoms with Crippen LogP contribution in [0.15, 0.2) is 0 Å². The first-order valence-corrected chi connectivity index (χ1v) is 3.40. The molecule has 0 aromatic heterocycles. The summed E-state index contributed by atoms with van der Waals surface area (Å²) in [5.41, 5.74) is 5.31. The summed E-state index contributed by atoms with van der Waals surface area (Å²) in [6.07, 6.45) is 0. The minimum absolute atomic E-state index is 0.0275. The first-order chi connectivity index (χ1) is 4.46. The number of rotatable bonds is 2. The number of likely N-dealkylation sites (N-methyl/N-ethyl adjacent to an activating group) is 1. The Morgan fingerprint density at radius 1 is 1.70 bits per heavy atom. The second-order valence-electron chi connectivity index (χ2n) is 2.21. The molecule has 1 atom stereocenters. The maximum atomic E-state index is 10.7. The maximum absolute atomic E-state index is 10.7. The lowest BCUT2D eigenvalue weighted by atomic mass is 10.3. The SMILES string of the molecule is CC(=O)N(C)C(C)C(N)=S. The number of hydrogen-bond acceptors (Lipinski definition) is 2. The standard InChI is InChI=1S/C6H12N2OS/c1-4(6(7)10)8(3)5(2)9/h4H,1-3H3,(H2,7,10). The minimum atomic E-state index is -0.146. The molecule has 0 saturated carbocycles. The number of nitrogens with two attached hydrogens (primary N) is 1. The van der Waals surface area contributed by atoms with Gasteiger partial charge in [0.15, 0.2) is 0 Å². The molecule has 0 bridgehead atoms. The Kier molecular flexibility index (Phi) is 3.28. The van der Waals surface area contributed by atoms with Gasteiger partial charge in [-0.25, -0.2) is 0 Å². The van der Waals surface area contributed by atoms with E-state index in [0.29, 0.717) is 4.99 Å². The van der Waals surface area contributed by atoms with Crippen LogP contribution < -0.4 is 5.73 Å². The molecule has 1 unspecified atom stereocenters. The topological polar surface area (TPSA) is 46.3 Å². The van der Waals surface area contributed by atoms with Gasteiger partial charge in [0, 0.05) is 14.0 Å². The van der Waals surface area contributed by atoms with Crippen LogP contribution in [0.2, 0.25) is 0 Å². The molecule has 0 aliphatic heterocycles. The summed E-state index contributed by atoms with van der Waals surface area (Å²) in [5.74, 6) is -0.0275. The van der Waals surface area contributed by atoms with Crippen molar-refractivity contribution in [2.45, 2.75) is 19.9 Å². The van der Waals surface area contributed by atoms with E-state index in [1.807, 2.05) is 0 Å². The summed E-state index contributed by atoms with van der Waals surface area (Å²) in [6, 6.07) is -0.146. The second-order valence-corrected chi connectivity index (χ2v) is 2.68. The average molecular weight is 160 g/mol. The molecule has 0 aliphatic rings. The van der Waals surface area contributed by atoms with E-state index < -0.39 is 0 Å². The molecule has 0 aromatic rings. The Hall–Kier alpha value is -0.640. The lowest BCUT2D eigenvalue weighted by Gasteiger charge is -2.21. The molecule has 0 heterocycles. The van der Waals surface area contributed by atoms with Gasteiger partial charge in [-0.3, -0.25) is 4.79 Å². The van der Waals surface area contributed by atoms with E-state index in [0.717, 1.165) is 0 Å². The summed E-state index contributed by atoms with van der Waals surface area (Å²) >= 11 is 4.70. The third kappa shape index (κ3) is 2.31. The molecule has 0 spiro atoms. The quantitative estimate of drug-likeness (QED) is 0.584. The zero-order valence-electron chi connectivity index (χ0n) is 6.42. The third-order valence-corrected chi connectivity index (χ3v) is 1.83. The van der Waals surface area contributed by atoms with Crippen molar-refractivity contribution < 1.29 is 4.79 Å². The van der Waals surface area contributed by atoms with Crippen LogP contribution in [0.4, 0.5) is 0 Å². The van der Waals surface area contributed by atoms with Gasteiger partial charge in [-0.1, -0.05) is 12.2 Å². The van der Waals surface area contributed by atoms with E-state index in [1.165, 1.54) is 11.8 Å². The van der Waals surface area contributed by atoms with Crippen molar-refractivity contribution in [3.63, 3.8) is 0 Å². The molecule has 2 N–H and O–H groups in total. The molecule has 0 aliphatic carbocycles. The molecule has 0 fully saturated rings. The number of carbonyl (C=O) groups excluding carboxylic acids is 1. The fourth-order valence-electron chi connectivity index (χ4n) is 0.464. The summed E-state index contributed by atoms with van der Waals surface area (Å²) in [4.78, 5) is 12.5. The van der Waals surface area contributed by atoms with Crippen LogP contribution >= 0.6 is 12.2 Å². The fourth-order valence-corrected chi connectivity index (χ4v) is 0.622. The van der Waals surface area contributed by atoms with Crippen LogP contribution in [0.1, 0.15) is 13.8 Å². The van der Waals surface area contributed by atoms with E-state index >= 15 is 0 Å². The van der Waals surface area contributed by atoms with Gasteiger partial charge in [-0.15, -0.1) is 0 Å². The van der Waals surface area contributed by atoms with Gasteiger partial charge >= 0.3 is 0 Å². The molecule has 1 amide bonds. The van der Waals surface area contributed by atoms with Crippen LogP contribution in [0.25, 0.3) is 0 Å². The van der Waals surface area contributed by atoms with Crippen molar-refractivity contribution in [1.82, 2.24) is 4.90 Å². The summed E-state index contributed by atoms with van der Waals surface area (Å²) in [6.45, 7) is 3.28. The van der Waals surface area contributed by atoms with Crippen molar-refractivity contribution in [1.29, 1.82) is 0 Å². The Morgan fingerprint density at radius 3 is 2.20 bits per heavy atom. The van der Waals surface area contributed by atoms with Gasteiger partial charge in [0.1, 0.15) is 0 Å². The van der Waals surface area contributed by atoms with Crippen LogP contribution in [0.5, 0.6) is 0 Å². The highest BCUT2D eigenvalue weighted by atomic mass is 32.1. The Bertz CT molecular complexity index is 140. The zero-order chi connectivity index (χ0) is 8.31. The molecular formula is C6H12N2OS. The van der Waals surface area contributed by atoms with E-state index in [9.17, 15) is 4.79 Å². The van der Waals surface area contributed by atoms with Crippen LogP contribution in [0, 0.1) is 0 Å². The second kappa shape index (κ2) is 3.51. The number of amides is 1. The molecule has 0 aromatic carbocycles. The van der Waals surface area contributed by atoms with Gasteiger partial charge in [0.2, 0.25) is 5.91 Å². The minimum Gasteiger partial charge on any atom is -0.392 e. The van der Waals surface area contributed by atoms with Gasteiger partial charge in [0.25, 0.3) is 0 Å². The van der Waals surface area contributed by atoms with E-state index in [2.05, 4.69) is 0 Å². The van der Waals surface area contributed by atoms with Gasteiger partial charge in [-0.2, -0.15) is 0 Å². The molecule has 10 heavy (non-hydrogen) atoms. The average Bonchev–Trinajstić information content (AvgIpc) is 1.84. The Labute approximate surface area is 66.2 Å². The molecule has 0 rings (SSSR count). The van der Waals surface area contributed by atoms with Crippen LogP contribution in [-0.2, 0) is 4.79 Å². The normalized spacial score (nSPS) is 12.3. The highest BCUT2D eigenvalue weighted by Gasteiger charge is 2.12. The summed E-state index contributed by atoms with van der Waals surface area (Å²) in [5, 5.41) is 0. The first kappa shape index (κ1) is 9.36. The van der Waals surface area contributed by atoms with Gasteiger partial charge in [0.05, 0.1) is 11.0 Å². The van der Waals surface area contributed by atoms with Gasteiger partial charge < -0.3 is 10.6 Å². The fraction of sp³-hybridized carbons (Fsp3) is 0.667. The van der Waals surface area contributed by atoms with Crippen molar-refractivity contribution in [2.75, 3.05) is 7.05 Å². The summed E-state index contributed by atoms with van der Waals surface area (Å²) in [7, 11) is 1.67.